The molecule has 2 aliphatic rings. The van der Waals surface area contributed by atoms with Crippen LogP contribution in [0.15, 0.2) is 60.9 Å². The Kier molecular flexibility index (Phi) is 13.2. The smallest absolute Gasteiger partial charge is 0.267 e. The van der Waals surface area contributed by atoms with Crippen molar-refractivity contribution in [3.8, 4) is 11.5 Å². The molecule has 4 amide bonds. The first-order valence-electron chi connectivity index (χ1n) is 18.7. The number of primary amides is 2. The molecule has 4 aromatic rings. The number of hydrogen-bond donors (Lipinski definition) is 4. The summed E-state index contributed by atoms with van der Waals surface area (Å²) < 4.78 is 78.4. The van der Waals surface area contributed by atoms with Gasteiger partial charge in [0, 0.05) is 46.7 Å². The highest BCUT2D eigenvalue weighted by atomic mass is 19.2. The van der Waals surface area contributed by atoms with Crippen molar-refractivity contribution in [1.82, 2.24) is 9.97 Å². The van der Waals surface area contributed by atoms with Gasteiger partial charge in [-0.15, -0.1) is 0 Å². The van der Waals surface area contributed by atoms with Gasteiger partial charge in [0.2, 0.25) is 11.6 Å². The summed E-state index contributed by atoms with van der Waals surface area (Å²) in [7, 11) is 2.48. The predicted molar refractivity (Wildman–Crippen MR) is 210 cm³/mol. The molecular weight excluding hydrogens is 792 g/mol. The third-order valence-corrected chi connectivity index (χ3v) is 11.1. The van der Waals surface area contributed by atoms with Crippen LogP contribution in [0.2, 0.25) is 0 Å². The quantitative estimate of drug-likeness (QED) is 0.137. The van der Waals surface area contributed by atoms with Crippen LogP contribution in [0.25, 0.3) is 0 Å². The van der Waals surface area contributed by atoms with Crippen molar-refractivity contribution >= 4 is 35.0 Å². The van der Waals surface area contributed by atoms with Gasteiger partial charge in [0.25, 0.3) is 23.6 Å². The minimum absolute atomic E-state index is 0.00679. The Morgan fingerprint density at radius 1 is 0.633 bits per heavy atom. The Labute approximate surface area is 343 Å². The number of nitrogens with zero attached hydrogens (tertiary/aromatic N) is 2. The number of anilines is 2. The number of carbonyl (C=O) groups is 4. The van der Waals surface area contributed by atoms with Gasteiger partial charge in [-0.1, -0.05) is 26.0 Å². The Bertz CT molecular complexity index is 2150. The van der Waals surface area contributed by atoms with E-state index < -0.39 is 82.1 Å². The number of methoxy groups -OCH3 is 2. The van der Waals surface area contributed by atoms with Crippen molar-refractivity contribution < 1.29 is 55.7 Å². The standard InChI is InChI=1S/2C21H23F2N3O4/c2*1-10-15(12-5-6-13(22)16(23)17(12)29-4)18(30-21(10,2)3)20(28)26-11-7-8-25-14(9-11)19(24)27/h2*5-10,15,18H,1-4H3,(H2,24,27)(H,25,26,28)/t2*10-,15+,18-/m10/s1. The highest BCUT2D eigenvalue weighted by Gasteiger charge is 2.53. The topological polar surface area (TPSA) is 207 Å². The Balaban J connectivity index is 0.000000228. The number of pyridine rings is 2. The number of aromatic nitrogens is 2. The second-order valence-corrected chi connectivity index (χ2v) is 15.4. The Morgan fingerprint density at radius 2 is 0.983 bits per heavy atom. The maximum absolute atomic E-state index is 14.3. The third-order valence-electron chi connectivity index (χ3n) is 11.1. The van der Waals surface area contributed by atoms with E-state index in [1.165, 1.54) is 63.0 Å². The summed E-state index contributed by atoms with van der Waals surface area (Å²) in [4.78, 5) is 56.5. The van der Waals surface area contributed by atoms with Crippen LogP contribution in [0, 0.1) is 35.1 Å². The van der Waals surface area contributed by atoms with E-state index in [-0.39, 0.29) is 34.7 Å². The molecule has 0 aliphatic carbocycles. The van der Waals surface area contributed by atoms with Crippen molar-refractivity contribution in [3.63, 3.8) is 0 Å². The number of amides is 4. The average molecular weight is 839 g/mol. The summed E-state index contributed by atoms with van der Waals surface area (Å²) in [6, 6.07) is 10.5. The summed E-state index contributed by atoms with van der Waals surface area (Å²) >= 11 is 0. The molecule has 320 valence electrons. The normalized spacial score (nSPS) is 22.5. The monoisotopic (exact) mass is 838 g/mol. The second-order valence-electron chi connectivity index (χ2n) is 15.4. The minimum atomic E-state index is -1.12. The molecule has 6 rings (SSSR count). The lowest BCUT2D eigenvalue weighted by Gasteiger charge is -2.25. The molecule has 0 saturated carbocycles. The first kappa shape index (κ1) is 45.0. The molecule has 0 bridgehead atoms. The van der Waals surface area contributed by atoms with Gasteiger partial charge in [0.05, 0.1) is 25.4 Å². The van der Waals surface area contributed by atoms with Gasteiger partial charge in [-0.2, -0.15) is 8.78 Å². The minimum Gasteiger partial charge on any atom is -0.493 e. The number of ether oxygens (including phenoxy) is 4. The molecule has 4 heterocycles. The fourth-order valence-corrected chi connectivity index (χ4v) is 7.45. The van der Waals surface area contributed by atoms with Crippen LogP contribution in [0.3, 0.4) is 0 Å². The van der Waals surface area contributed by atoms with Crippen LogP contribution in [0.4, 0.5) is 28.9 Å². The van der Waals surface area contributed by atoms with Gasteiger partial charge in [-0.3, -0.25) is 29.1 Å². The van der Waals surface area contributed by atoms with E-state index in [9.17, 15) is 36.7 Å². The second kappa shape index (κ2) is 17.6. The summed E-state index contributed by atoms with van der Waals surface area (Å²) in [5.41, 5.74) is 10.3. The Hall–Kier alpha value is -6.14. The predicted octanol–water partition coefficient (Wildman–Crippen LogP) is 6.01. The van der Waals surface area contributed by atoms with E-state index in [0.717, 1.165) is 12.1 Å². The SMILES string of the molecule is COc1c([C@@H]2[C@@H](C(=O)Nc3ccnc(C(N)=O)c3)OC(C)(C)[C@H]2C)ccc(F)c1F.COc1c([C@@H]2[C@@H](C)C(C)(C)O[C@H]2C(=O)Nc2ccnc(C(N)=O)c2)ccc(F)c1F. The maximum atomic E-state index is 14.3. The van der Waals surface area contributed by atoms with Crippen LogP contribution in [0.1, 0.15) is 85.5 Å². The molecule has 2 aliphatic heterocycles. The highest BCUT2D eigenvalue weighted by molar-refractivity contribution is 5.98. The molecule has 6 N–H and O–H groups in total. The lowest BCUT2D eigenvalue weighted by molar-refractivity contribution is -0.131. The first-order chi connectivity index (χ1) is 28.1. The molecule has 0 spiro atoms. The summed E-state index contributed by atoms with van der Waals surface area (Å²) in [5, 5.41) is 5.36. The van der Waals surface area contributed by atoms with Crippen LogP contribution in [-0.4, -0.2) is 71.2 Å². The zero-order valence-electron chi connectivity index (χ0n) is 34.1. The number of nitrogens with one attached hydrogen (secondary N) is 2. The zero-order valence-corrected chi connectivity index (χ0v) is 34.1. The fourth-order valence-electron chi connectivity index (χ4n) is 7.45. The van der Waals surface area contributed by atoms with Gasteiger partial charge in [-0.05, 0) is 75.9 Å². The van der Waals surface area contributed by atoms with E-state index >= 15 is 0 Å². The molecule has 14 nitrogen and oxygen atoms in total. The summed E-state index contributed by atoms with van der Waals surface area (Å²) in [5.74, 6) is -9.01. The number of halogens is 4. The molecule has 2 fully saturated rings. The molecule has 2 saturated heterocycles. The number of carbonyl (C=O) groups excluding carboxylic acids is 4. The highest BCUT2D eigenvalue weighted by Crippen LogP contribution is 2.50. The van der Waals surface area contributed by atoms with E-state index in [0.29, 0.717) is 22.5 Å². The van der Waals surface area contributed by atoms with Gasteiger partial charge >= 0.3 is 0 Å². The molecular formula is C42H46F4N6O8. The van der Waals surface area contributed by atoms with Gasteiger partial charge < -0.3 is 41.0 Å². The summed E-state index contributed by atoms with van der Waals surface area (Å²) in [6.07, 6.45) is 0.652. The van der Waals surface area contributed by atoms with E-state index in [4.69, 9.17) is 30.4 Å². The molecule has 0 unspecified atom stereocenters. The van der Waals surface area contributed by atoms with Gasteiger partial charge in [0.1, 0.15) is 23.6 Å². The molecule has 2 aromatic heterocycles. The van der Waals surface area contributed by atoms with Crippen LogP contribution in [-0.2, 0) is 19.1 Å². The van der Waals surface area contributed by atoms with Gasteiger partial charge in [0.15, 0.2) is 23.1 Å². The van der Waals surface area contributed by atoms with Crippen LogP contribution in [0.5, 0.6) is 11.5 Å². The van der Waals surface area contributed by atoms with Crippen LogP contribution >= 0.6 is 0 Å². The molecule has 60 heavy (non-hydrogen) atoms. The maximum Gasteiger partial charge on any atom is 0.267 e. The van der Waals surface area contributed by atoms with Crippen molar-refractivity contribution in [3.05, 3.63) is 107 Å². The van der Waals surface area contributed by atoms with Crippen molar-refractivity contribution in [2.24, 2.45) is 23.3 Å². The fraction of sp³-hybridized carbons (Fsp3) is 0.381. The molecule has 18 heteroatoms. The lowest BCUT2D eigenvalue weighted by Crippen LogP contribution is -2.33. The molecule has 6 atom stereocenters. The largest absolute Gasteiger partial charge is 0.493 e. The van der Waals surface area contributed by atoms with E-state index in [1.54, 1.807) is 0 Å². The number of nitrogens with two attached hydrogens (primary N) is 2. The lowest BCUT2D eigenvalue weighted by atomic mass is 9.78. The van der Waals surface area contributed by atoms with E-state index in [1.807, 2.05) is 41.5 Å². The van der Waals surface area contributed by atoms with Crippen molar-refractivity contribution in [2.75, 3.05) is 24.9 Å². The van der Waals surface area contributed by atoms with Crippen LogP contribution < -0.4 is 31.6 Å². The number of hydrogen-bond acceptors (Lipinski definition) is 10. The third kappa shape index (κ3) is 9.03. The van der Waals surface area contributed by atoms with Crippen molar-refractivity contribution in [1.29, 1.82) is 0 Å². The average Bonchev–Trinajstić information content (AvgIpc) is 3.59. The molecule has 0 radical (unpaired) electrons. The zero-order chi connectivity index (χ0) is 44.4. The van der Waals surface area contributed by atoms with E-state index in [2.05, 4.69) is 20.6 Å². The number of rotatable bonds is 10. The summed E-state index contributed by atoms with van der Waals surface area (Å²) in [6.45, 7) is 11.0. The first-order valence-corrected chi connectivity index (χ1v) is 18.7. The van der Waals surface area contributed by atoms with Crippen molar-refractivity contribution in [2.45, 2.75) is 76.8 Å². The Morgan fingerprint density at radius 3 is 1.30 bits per heavy atom. The molecule has 2 aromatic carbocycles. The van der Waals surface area contributed by atoms with Gasteiger partial charge in [-0.25, -0.2) is 8.78 Å². The number of benzene rings is 2.